The molecular formula is C18H32N2O2. The summed E-state index contributed by atoms with van der Waals surface area (Å²) in [5.74, 6) is 1.35. The second-order valence-corrected chi connectivity index (χ2v) is 8.32. The zero-order valence-corrected chi connectivity index (χ0v) is 14.7. The third kappa shape index (κ3) is 4.72. The van der Waals surface area contributed by atoms with E-state index in [4.69, 9.17) is 0 Å². The van der Waals surface area contributed by atoms with Gasteiger partial charge in [0.25, 0.3) is 0 Å². The molecule has 1 atom stereocenters. The van der Waals surface area contributed by atoms with E-state index in [0.29, 0.717) is 11.8 Å². The third-order valence-corrected chi connectivity index (χ3v) is 4.91. The van der Waals surface area contributed by atoms with Gasteiger partial charge in [-0.2, -0.15) is 0 Å². The summed E-state index contributed by atoms with van der Waals surface area (Å²) in [6, 6.07) is 0. The first-order valence-corrected chi connectivity index (χ1v) is 8.87. The lowest BCUT2D eigenvalue weighted by Crippen LogP contribution is -2.46. The molecule has 1 aliphatic carbocycles. The molecular weight excluding hydrogens is 276 g/mol. The van der Waals surface area contributed by atoms with Gasteiger partial charge in [-0.05, 0) is 65.2 Å². The molecule has 1 aliphatic heterocycles. The van der Waals surface area contributed by atoms with E-state index in [-0.39, 0.29) is 23.3 Å². The van der Waals surface area contributed by atoms with Crippen molar-refractivity contribution in [2.75, 3.05) is 13.1 Å². The zero-order valence-electron chi connectivity index (χ0n) is 14.7. The Bertz CT molecular complexity index is 406. The highest BCUT2D eigenvalue weighted by atomic mass is 16.2. The highest BCUT2D eigenvalue weighted by molar-refractivity contribution is 5.81. The van der Waals surface area contributed by atoms with Crippen molar-refractivity contribution in [1.82, 2.24) is 10.2 Å². The number of rotatable bonds is 2. The molecule has 1 N–H and O–H groups in total. The van der Waals surface area contributed by atoms with Crippen LogP contribution in [0.5, 0.6) is 0 Å². The number of amides is 2. The predicted molar refractivity (Wildman–Crippen MR) is 88.3 cm³/mol. The van der Waals surface area contributed by atoms with Crippen LogP contribution in [0.25, 0.3) is 0 Å². The quantitative estimate of drug-likeness (QED) is 0.852. The van der Waals surface area contributed by atoms with Crippen LogP contribution in [0, 0.1) is 17.8 Å². The van der Waals surface area contributed by atoms with E-state index in [1.165, 1.54) is 6.42 Å². The average molecular weight is 308 g/mol. The number of hydrogen-bond donors (Lipinski definition) is 1. The van der Waals surface area contributed by atoms with Crippen molar-refractivity contribution in [2.45, 2.75) is 71.8 Å². The summed E-state index contributed by atoms with van der Waals surface area (Å²) in [7, 11) is 0. The molecule has 2 amide bonds. The third-order valence-electron chi connectivity index (χ3n) is 4.91. The molecule has 22 heavy (non-hydrogen) atoms. The summed E-state index contributed by atoms with van der Waals surface area (Å²) < 4.78 is 0. The number of carbonyl (C=O) groups is 2. The minimum Gasteiger partial charge on any atom is -0.351 e. The van der Waals surface area contributed by atoms with Crippen LogP contribution in [0.15, 0.2) is 0 Å². The highest BCUT2D eigenvalue weighted by Crippen LogP contribution is 2.31. The summed E-state index contributed by atoms with van der Waals surface area (Å²) in [4.78, 5) is 26.9. The minimum atomic E-state index is -0.173. The largest absolute Gasteiger partial charge is 0.351 e. The second-order valence-electron chi connectivity index (χ2n) is 8.32. The van der Waals surface area contributed by atoms with Crippen LogP contribution in [0.2, 0.25) is 0 Å². The fraction of sp³-hybridized carbons (Fsp3) is 0.889. The Morgan fingerprint density at radius 3 is 2.14 bits per heavy atom. The van der Waals surface area contributed by atoms with Gasteiger partial charge in [-0.3, -0.25) is 9.59 Å². The van der Waals surface area contributed by atoms with Crippen LogP contribution in [0.3, 0.4) is 0 Å². The van der Waals surface area contributed by atoms with Gasteiger partial charge in [-0.1, -0.05) is 6.92 Å². The summed E-state index contributed by atoms with van der Waals surface area (Å²) in [5.41, 5.74) is -0.173. The molecule has 2 rings (SSSR count). The van der Waals surface area contributed by atoms with Crippen molar-refractivity contribution in [3.05, 3.63) is 0 Å². The highest BCUT2D eigenvalue weighted by Gasteiger charge is 2.34. The molecule has 2 aliphatic rings. The van der Waals surface area contributed by atoms with Gasteiger partial charge < -0.3 is 10.2 Å². The molecule has 0 aromatic rings. The Labute approximate surface area is 135 Å². The van der Waals surface area contributed by atoms with Crippen LogP contribution < -0.4 is 5.32 Å². The van der Waals surface area contributed by atoms with Crippen LogP contribution in [0.4, 0.5) is 0 Å². The maximum absolute atomic E-state index is 12.6. The molecule has 4 heteroatoms. The van der Waals surface area contributed by atoms with E-state index in [2.05, 4.69) is 17.1 Å². The molecule has 0 aromatic heterocycles. The van der Waals surface area contributed by atoms with Gasteiger partial charge in [-0.25, -0.2) is 0 Å². The lowest BCUT2D eigenvalue weighted by Gasteiger charge is -2.36. The molecule has 2 fully saturated rings. The summed E-state index contributed by atoms with van der Waals surface area (Å²) in [6.07, 6.45) is 5.81. The lowest BCUT2D eigenvalue weighted by atomic mass is 9.80. The van der Waals surface area contributed by atoms with Crippen LogP contribution in [-0.2, 0) is 9.59 Å². The first kappa shape index (κ1) is 17.3. The monoisotopic (exact) mass is 308 g/mol. The van der Waals surface area contributed by atoms with Crippen molar-refractivity contribution in [3.63, 3.8) is 0 Å². The zero-order chi connectivity index (χ0) is 16.3. The molecule has 126 valence electrons. The Balaban J connectivity index is 1.81. The van der Waals surface area contributed by atoms with E-state index in [9.17, 15) is 9.59 Å². The Morgan fingerprint density at radius 1 is 1.00 bits per heavy atom. The minimum absolute atomic E-state index is 0.0866. The topological polar surface area (TPSA) is 49.4 Å². The summed E-state index contributed by atoms with van der Waals surface area (Å²) >= 11 is 0. The van der Waals surface area contributed by atoms with Crippen molar-refractivity contribution in [3.8, 4) is 0 Å². The van der Waals surface area contributed by atoms with E-state index < -0.39 is 0 Å². The molecule has 0 aromatic carbocycles. The number of likely N-dealkylation sites (tertiary alicyclic amines) is 1. The van der Waals surface area contributed by atoms with Crippen molar-refractivity contribution >= 4 is 11.8 Å². The summed E-state index contributed by atoms with van der Waals surface area (Å²) in [5, 5.41) is 3.07. The first-order chi connectivity index (χ1) is 10.3. The summed E-state index contributed by atoms with van der Waals surface area (Å²) in [6.45, 7) is 10.1. The Morgan fingerprint density at radius 2 is 1.59 bits per heavy atom. The number of piperidine rings is 1. The van der Waals surface area contributed by atoms with Gasteiger partial charge in [-0.15, -0.1) is 0 Å². The maximum atomic E-state index is 12.6. The SMILES string of the molecule is CC1CCCN(C(=O)C2CCC(C(=O)NC(C)(C)C)CC2)C1. The molecule has 1 unspecified atom stereocenters. The van der Waals surface area contributed by atoms with Crippen molar-refractivity contribution in [2.24, 2.45) is 17.8 Å². The van der Waals surface area contributed by atoms with Gasteiger partial charge in [0.2, 0.25) is 11.8 Å². The normalized spacial score (nSPS) is 30.0. The van der Waals surface area contributed by atoms with Gasteiger partial charge in [0.15, 0.2) is 0 Å². The molecule has 4 nitrogen and oxygen atoms in total. The van der Waals surface area contributed by atoms with E-state index in [0.717, 1.165) is 45.2 Å². The fourth-order valence-electron chi connectivity index (χ4n) is 3.72. The van der Waals surface area contributed by atoms with E-state index in [1.54, 1.807) is 0 Å². The van der Waals surface area contributed by atoms with Crippen LogP contribution in [-0.4, -0.2) is 35.3 Å². The van der Waals surface area contributed by atoms with E-state index in [1.807, 2.05) is 20.8 Å². The molecule has 1 saturated carbocycles. The van der Waals surface area contributed by atoms with Gasteiger partial charge >= 0.3 is 0 Å². The number of carbonyl (C=O) groups excluding carboxylic acids is 2. The van der Waals surface area contributed by atoms with Crippen LogP contribution >= 0.6 is 0 Å². The lowest BCUT2D eigenvalue weighted by molar-refractivity contribution is -0.140. The molecule has 0 bridgehead atoms. The maximum Gasteiger partial charge on any atom is 0.225 e. The van der Waals surface area contributed by atoms with Crippen molar-refractivity contribution < 1.29 is 9.59 Å². The molecule has 0 spiro atoms. The number of hydrogen-bond acceptors (Lipinski definition) is 2. The average Bonchev–Trinajstić information content (AvgIpc) is 2.45. The first-order valence-electron chi connectivity index (χ1n) is 8.87. The standard InChI is InChI=1S/C18H32N2O2/c1-13-6-5-11-20(12-13)17(22)15-9-7-14(8-10-15)16(21)19-18(2,3)4/h13-15H,5-12H2,1-4H3,(H,19,21). The Kier molecular flexibility index (Phi) is 5.51. The van der Waals surface area contributed by atoms with Gasteiger partial charge in [0.1, 0.15) is 0 Å². The van der Waals surface area contributed by atoms with Crippen molar-refractivity contribution in [1.29, 1.82) is 0 Å². The van der Waals surface area contributed by atoms with E-state index >= 15 is 0 Å². The Hall–Kier alpha value is -1.06. The predicted octanol–water partition coefficient (Wildman–Crippen LogP) is 2.97. The van der Waals surface area contributed by atoms with Gasteiger partial charge in [0.05, 0.1) is 0 Å². The molecule has 0 radical (unpaired) electrons. The molecule has 1 heterocycles. The number of nitrogens with zero attached hydrogens (tertiary/aromatic N) is 1. The second kappa shape index (κ2) is 7.01. The van der Waals surface area contributed by atoms with Crippen LogP contribution in [0.1, 0.15) is 66.2 Å². The fourth-order valence-corrected chi connectivity index (χ4v) is 3.72. The van der Waals surface area contributed by atoms with Gasteiger partial charge in [0, 0.05) is 30.5 Å². The smallest absolute Gasteiger partial charge is 0.225 e. The number of nitrogens with one attached hydrogen (secondary N) is 1. The molecule has 1 saturated heterocycles.